The Morgan fingerprint density at radius 3 is 2.81 bits per heavy atom. The summed E-state index contributed by atoms with van der Waals surface area (Å²) < 4.78 is 10.1. The highest BCUT2D eigenvalue weighted by molar-refractivity contribution is 5.91. The van der Waals surface area contributed by atoms with E-state index >= 15 is 0 Å². The zero-order valence-corrected chi connectivity index (χ0v) is 15.0. The first-order chi connectivity index (χ1) is 12.9. The van der Waals surface area contributed by atoms with Crippen molar-refractivity contribution in [1.29, 1.82) is 0 Å². The number of nitrogens with one attached hydrogen (secondary N) is 1. The molecule has 0 spiro atoms. The van der Waals surface area contributed by atoms with E-state index in [1.54, 1.807) is 51.1 Å². The molecule has 3 rings (SSSR count). The summed E-state index contributed by atoms with van der Waals surface area (Å²) in [7, 11) is 0. The molecule has 0 aliphatic rings. The summed E-state index contributed by atoms with van der Waals surface area (Å²) in [5.74, 6) is 0.388. The molecule has 10 heteroatoms. The second-order valence-electron chi connectivity index (χ2n) is 6.05. The fraction of sp³-hybridized carbons (Fsp3) is 0.294. The Bertz CT molecular complexity index is 962. The monoisotopic (exact) mass is 370 g/mol. The fourth-order valence-electron chi connectivity index (χ4n) is 2.23. The first-order valence-corrected chi connectivity index (χ1v) is 8.23. The van der Waals surface area contributed by atoms with Crippen molar-refractivity contribution in [3.8, 4) is 11.4 Å². The van der Waals surface area contributed by atoms with E-state index in [0.717, 1.165) is 4.80 Å². The number of aromatic nitrogens is 5. The molecule has 0 unspecified atom stereocenters. The van der Waals surface area contributed by atoms with Gasteiger partial charge in [-0.15, -0.1) is 10.2 Å². The number of ether oxygens (including phenoxy) is 1. The summed E-state index contributed by atoms with van der Waals surface area (Å²) in [4.78, 5) is 25.2. The number of hydrogen-bond donors (Lipinski definition) is 1. The van der Waals surface area contributed by atoms with E-state index in [1.807, 2.05) is 0 Å². The van der Waals surface area contributed by atoms with Crippen LogP contribution in [0.15, 0.2) is 34.9 Å². The van der Waals surface area contributed by atoms with Gasteiger partial charge in [0.05, 0.1) is 11.7 Å². The summed E-state index contributed by atoms with van der Waals surface area (Å²) in [5, 5.41) is 18.2. The number of carbonyl (C=O) groups excluding carboxylic acids is 2. The second kappa shape index (κ2) is 7.77. The van der Waals surface area contributed by atoms with Crippen LogP contribution >= 0.6 is 0 Å². The predicted octanol–water partition coefficient (Wildman–Crippen LogP) is 1.84. The van der Waals surface area contributed by atoms with Gasteiger partial charge in [-0.05, 0) is 38.1 Å². The van der Waals surface area contributed by atoms with E-state index < -0.39 is 5.97 Å². The van der Waals surface area contributed by atoms with Crippen molar-refractivity contribution in [1.82, 2.24) is 25.4 Å². The predicted molar refractivity (Wildman–Crippen MR) is 93.7 cm³/mol. The lowest BCUT2D eigenvalue weighted by atomic mass is 10.1. The molecule has 0 bridgehead atoms. The number of esters is 1. The Hall–Kier alpha value is -3.56. The zero-order valence-electron chi connectivity index (χ0n) is 15.0. The highest BCUT2D eigenvalue weighted by Gasteiger charge is 2.14. The van der Waals surface area contributed by atoms with Gasteiger partial charge in [-0.2, -0.15) is 4.80 Å². The Morgan fingerprint density at radius 1 is 1.30 bits per heavy atom. The molecule has 0 atom stereocenters. The summed E-state index contributed by atoms with van der Waals surface area (Å²) >= 11 is 0. The minimum absolute atomic E-state index is 0.145. The Balaban J connectivity index is 1.68. The Kier molecular flexibility index (Phi) is 5.25. The van der Waals surface area contributed by atoms with Gasteiger partial charge in [0.15, 0.2) is 5.82 Å². The summed E-state index contributed by atoms with van der Waals surface area (Å²) in [6.45, 7) is 5.13. The Morgan fingerprint density at radius 2 is 2.11 bits per heavy atom. The molecule has 2 heterocycles. The standard InChI is InChI=1S/C17H18N6O4/c1-10(2)26-17(25)13-6-4-5-12(8-13)16-19-22-23(20-16)9-15(24)18-14-7-11(3)27-21-14/h4-8,10H,9H2,1-3H3,(H,18,21,24). The van der Waals surface area contributed by atoms with E-state index in [-0.39, 0.29) is 18.6 Å². The van der Waals surface area contributed by atoms with Crippen LogP contribution in [0, 0.1) is 6.92 Å². The maximum absolute atomic E-state index is 12.0. The number of anilines is 1. The SMILES string of the molecule is Cc1cc(NC(=O)Cn2nnc(-c3cccc(C(=O)OC(C)C)c3)n2)no1. The topological polar surface area (TPSA) is 125 Å². The molecule has 10 nitrogen and oxygen atoms in total. The molecule has 2 aromatic heterocycles. The van der Waals surface area contributed by atoms with Crippen LogP contribution < -0.4 is 5.32 Å². The van der Waals surface area contributed by atoms with E-state index in [1.165, 1.54) is 0 Å². The molecular formula is C17H18N6O4. The van der Waals surface area contributed by atoms with E-state index in [9.17, 15) is 9.59 Å². The number of rotatable bonds is 6. The van der Waals surface area contributed by atoms with Gasteiger partial charge in [0.2, 0.25) is 11.7 Å². The number of benzene rings is 1. The van der Waals surface area contributed by atoms with Crippen molar-refractivity contribution in [3.63, 3.8) is 0 Å². The van der Waals surface area contributed by atoms with Gasteiger partial charge in [0.1, 0.15) is 12.3 Å². The quantitative estimate of drug-likeness (QED) is 0.652. The van der Waals surface area contributed by atoms with Crippen molar-refractivity contribution in [2.24, 2.45) is 0 Å². The van der Waals surface area contributed by atoms with Crippen molar-refractivity contribution in [3.05, 3.63) is 41.7 Å². The molecule has 27 heavy (non-hydrogen) atoms. The zero-order chi connectivity index (χ0) is 19.4. The van der Waals surface area contributed by atoms with Crippen LogP contribution in [-0.2, 0) is 16.1 Å². The van der Waals surface area contributed by atoms with Crippen LogP contribution in [0.5, 0.6) is 0 Å². The van der Waals surface area contributed by atoms with Gasteiger partial charge in [-0.25, -0.2) is 4.79 Å². The molecule has 0 saturated heterocycles. The van der Waals surface area contributed by atoms with Crippen LogP contribution in [0.3, 0.4) is 0 Å². The molecule has 0 aliphatic carbocycles. The van der Waals surface area contributed by atoms with Gasteiger partial charge in [-0.1, -0.05) is 17.3 Å². The smallest absolute Gasteiger partial charge is 0.338 e. The summed E-state index contributed by atoms with van der Waals surface area (Å²) in [5.41, 5.74) is 0.976. The molecule has 1 N–H and O–H groups in total. The number of tetrazole rings is 1. The molecule has 0 saturated carbocycles. The number of carbonyl (C=O) groups is 2. The fourth-order valence-corrected chi connectivity index (χ4v) is 2.23. The van der Waals surface area contributed by atoms with Crippen molar-refractivity contribution in [2.45, 2.75) is 33.4 Å². The first-order valence-electron chi connectivity index (χ1n) is 8.23. The minimum Gasteiger partial charge on any atom is -0.459 e. The third kappa shape index (κ3) is 4.75. The van der Waals surface area contributed by atoms with Crippen molar-refractivity contribution in [2.75, 3.05) is 5.32 Å². The van der Waals surface area contributed by atoms with E-state index in [2.05, 4.69) is 25.9 Å². The molecule has 1 aromatic carbocycles. The maximum atomic E-state index is 12.0. The van der Waals surface area contributed by atoms with Crippen LogP contribution in [0.2, 0.25) is 0 Å². The lowest BCUT2D eigenvalue weighted by Crippen LogP contribution is -2.20. The lowest BCUT2D eigenvalue weighted by Gasteiger charge is -2.08. The number of amides is 1. The van der Waals surface area contributed by atoms with E-state index in [0.29, 0.717) is 28.5 Å². The van der Waals surface area contributed by atoms with Crippen LogP contribution in [0.1, 0.15) is 30.0 Å². The van der Waals surface area contributed by atoms with Gasteiger partial charge >= 0.3 is 5.97 Å². The number of aryl methyl sites for hydroxylation is 1. The number of nitrogens with zero attached hydrogens (tertiary/aromatic N) is 5. The van der Waals surface area contributed by atoms with Crippen molar-refractivity contribution < 1.29 is 18.8 Å². The molecule has 1 amide bonds. The molecule has 0 radical (unpaired) electrons. The third-order valence-corrected chi connectivity index (χ3v) is 3.33. The minimum atomic E-state index is -0.429. The van der Waals surface area contributed by atoms with Crippen LogP contribution in [0.4, 0.5) is 5.82 Å². The second-order valence-corrected chi connectivity index (χ2v) is 6.05. The maximum Gasteiger partial charge on any atom is 0.338 e. The van der Waals surface area contributed by atoms with Gasteiger partial charge in [0.25, 0.3) is 0 Å². The Labute approximate surface area is 154 Å². The van der Waals surface area contributed by atoms with Crippen LogP contribution in [0.25, 0.3) is 11.4 Å². The molecular weight excluding hydrogens is 352 g/mol. The summed E-state index contributed by atoms with van der Waals surface area (Å²) in [6.07, 6.45) is -0.216. The molecule has 0 aliphatic heterocycles. The largest absolute Gasteiger partial charge is 0.459 e. The molecule has 140 valence electrons. The van der Waals surface area contributed by atoms with E-state index in [4.69, 9.17) is 9.26 Å². The number of hydrogen-bond acceptors (Lipinski definition) is 8. The van der Waals surface area contributed by atoms with Gasteiger partial charge < -0.3 is 14.6 Å². The normalized spacial score (nSPS) is 10.8. The lowest BCUT2D eigenvalue weighted by molar-refractivity contribution is -0.117. The molecule has 0 fully saturated rings. The highest BCUT2D eigenvalue weighted by Crippen LogP contribution is 2.16. The van der Waals surface area contributed by atoms with Crippen LogP contribution in [-0.4, -0.2) is 43.3 Å². The van der Waals surface area contributed by atoms with Gasteiger partial charge in [-0.3, -0.25) is 4.79 Å². The molecule has 3 aromatic rings. The third-order valence-electron chi connectivity index (χ3n) is 3.33. The summed E-state index contributed by atoms with van der Waals surface area (Å²) in [6, 6.07) is 8.30. The first kappa shape index (κ1) is 18.2. The highest BCUT2D eigenvalue weighted by atomic mass is 16.5. The van der Waals surface area contributed by atoms with Gasteiger partial charge in [0, 0.05) is 11.6 Å². The van der Waals surface area contributed by atoms with Crippen molar-refractivity contribution >= 4 is 17.7 Å². The average molecular weight is 370 g/mol. The average Bonchev–Trinajstić information content (AvgIpc) is 3.23.